The first kappa shape index (κ1) is 14.7. The summed E-state index contributed by atoms with van der Waals surface area (Å²) < 4.78 is 18.7. The van der Waals surface area contributed by atoms with Gasteiger partial charge in [0.05, 0.1) is 18.1 Å². The van der Waals surface area contributed by atoms with Crippen molar-refractivity contribution in [3.63, 3.8) is 0 Å². The molecule has 0 spiro atoms. The quantitative estimate of drug-likeness (QED) is 0.805. The van der Waals surface area contributed by atoms with Crippen molar-refractivity contribution in [1.82, 2.24) is 0 Å². The maximum Gasteiger partial charge on any atom is 0.173 e. The van der Waals surface area contributed by atoms with Crippen LogP contribution in [0.25, 0.3) is 0 Å². The molecule has 1 aliphatic rings. The third kappa shape index (κ3) is 2.88. The summed E-state index contributed by atoms with van der Waals surface area (Å²) in [5.74, 6) is -1.17. The topological polar surface area (TPSA) is 43.4 Å². The van der Waals surface area contributed by atoms with Gasteiger partial charge in [0.25, 0.3) is 0 Å². The summed E-state index contributed by atoms with van der Waals surface area (Å²) in [7, 11) is 0. The first-order valence-corrected chi connectivity index (χ1v) is 7.18. The number of carbonyl (C=O) groups is 2. The van der Waals surface area contributed by atoms with Crippen molar-refractivity contribution in [2.24, 2.45) is 5.92 Å². The van der Waals surface area contributed by atoms with E-state index in [1.165, 1.54) is 12.1 Å². The largest absolute Gasteiger partial charge is 0.492 e. The Bertz CT molecular complexity index is 740. The fourth-order valence-corrected chi connectivity index (χ4v) is 2.56. The van der Waals surface area contributed by atoms with E-state index >= 15 is 0 Å². The summed E-state index contributed by atoms with van der Waals surface area (Å²) in [5, 5.41) is 0.540. The summed E-state index contributed by atoms with van der Waals surface area (Å²) >= 11 is 5.78. The van der Waals surface area contributed by atoms with Crippen LogP contribution < -0.4 is 4.74 Å². The minimum atomic E-state index is -0.600. The number of halogens is 2. The lowest BCUT2D eigenvalue weighted by Gasteiger charge is -2.23. The smallest absolute Gasteiger partial charge is 0.173 e. The van der Waals surface area contributed by atoms with Gasteiger partial charge < -0.3 is 4.74 Å². The summed E-state index contributed by atoms with van der Waals surface area (Å²) in [6.45, 7) is 0.122. The van der Waals surface area contributed by atoms with Crippen LogP contribution in [0.4, 0.5) is 4.39 Å². The van der Waals surface area contributed by atoms with Crippen molar-refractivity contribution in [2.45, 2.75) is 6.42 Å². The van der Waals surface area contributed by atoms with Crippen molar-refractivity contribution in [1.29, 1.82) is 0 Å². The molecule has 112 valence electrons. The highest BCUT2D eigenvalue weighted by Gasteiger charge is 2.31. The predicted octanol–water partition coefficient (Wildman–Crippen LogP) is 3.94. The summed E-state index contributed by atoms with van der Waals surface area (Å²) in [6.07, 6.45) is 0.0242. The van der Waals surface area contributed by atoms with E-state index in [1.807, 2.05) is 0 Å². The summed E-state index contributed by atoms with van der Waals surface area (Å²) in [5.41, 5.74) is 0.683. The Morgan fingerprint density at radius 3 is 2.68 bits per heavy atom. The molecule has 0 aromatic heterocycles. The van der Waals surface area contributed by atoms with Crippen LogP contribution in [0.2, 0.25) is 5.02 Å². The van der Waals surface area contributed by atoms with Gasteiger partial charge in [-0.1, -0.05) is 11.6 Å². The molecule has 0 fully saturated rings. The third-order valence-corrected chi connectivity index (χ3v) is 3.87. The standard InChI is InChI=1S/C17H12ClFO3/c18-12-3-1-10(2-4-12)15(20)7-11-9-22-16-6-5-13(19)8-14(16)17(11)21/h1-6,8,11H,7,9H2. The Hall–Kier alpha value is -2.20. The third-order valence-electron chi connectivity index (χ3n) is 3.62. The van der Waals surface area contributed by atoms with Gasteiger partial charge in [-0.15, -0.1) is 0 Å². The van der Waals surface area contributed by atoms with Gasteiger partial charge in [0.2, 0.25) is 0 Å². The molecule has 2 aromatic rings. The van der Waals surface area contributed by atoms with Crippen molar-refractivity contribution >= 4 is 23.2 Å². The van der Waals surface area contributed by atoms with Gasteiger partial charge in [-0.3, -0.25) is 9.59 Å². The zero-order valence-electron chi connectivity index (χ0n) is 11.5. The maximum absolute atomic E-state index is 13.3. The number of benzene rings is 2. The van der Waals surface area contributed by atoms with Crippen LogP contribution in [0, 0.1) is 11.7 Å². The van der Waals surface area contributed by atoms with E-state index < -0.39 is 11.7 Å². The molecular formula is C17H12ClFO3. The Morgan fingerprint density at radius 2 is 1.95 bits per heavy atom. The second-order valence-corrected chi connectivity index (χ2v) is 5.58. The molecule has 0 bridgehead atoms. The monoisotopic (exact) mass is 318 g/mol. The molecule has 0 saturated heterocycles. The molecule has 1 atom stereocenters. The summed E-state index contributed by atoms with van der Waals surface area (Å²) in [6, 6.07) is 10.3. The molecule has 1 heterocycles. The molecule has 3 rings (SSSR count). The average molecular weight is 319 g/mol. The Balaban J connectivity index is 1.78. The molecule has 22 heavy (non-hydrogen) atoms. The Morgan fingerprint density at radius 1 is 1.23 bits per heavy atom. The lowest BCUT2D eigenvalue weighted by molar-refractivity contribution is 0.0768. The van der Waals surface area contributed by atoms with Gasteiger partial charge in [-0.2, -0.15) is 0 Å². The molecule has 2 aromatic carbocycles. The molecule has 3 nitrogen and oxygen atoms in total. The van der Waals surface area contributed by atoms with E-state index in [0.29, 0.717) is 16.3 Å². The molecule has 1 aliphatic heterocycles. The highest BCUT2D eigenvalue weighted by molar-refractivity contribution is 6.30. The zero-order valence-corrected chi connectivity index (χ0v) is 12.3. The minimum absolute atomic E-state index is 0.0242. The van der Waals surface area contributed by atoms with Crippen molar-refractivity contribution in [3.05, 3.63) is 64.4 Å². The van der Waals surface area contributed by atoms with Gasteiger partial charge >= 0.3 is 0 Å². The SMILES string of the molecule is O=C(CC1COc2ccc(F)cc2C1=O)c1ccc(Cl)cc1. The van der Waals surface area contributed by atoms with Crippen molar-refractivity contribution in [2.75, 3.05) is 6.61 Å². The number of fused-ring (bicyclic) bond motifs is 1. The van der Waals surface area contributed by atoms with Crippen LogP contribution in [0.1, 0.15) is 27.1 Å². The number of carbonyl (C=O) groups excluding carboxylic acids is 2. The van der Waals surface area contributed by atoms with Crippen LogP contribution in [0.3, 0.4) is 0 Å². The van der Waals surface area contributed by atoms with Crippen LogP contribution in [-0.2, 0) is 0 Å². The van der Waals surface area contributed by atoms with E-state index in [4.69, 9.17) is 16.3 Å². The molecular weight excluding hydrogens is 307 g/mol. The van der Waals surface area contributed by atoms with E-state index in [1.54, 1.807) is 24.3 Å². The number of ether oxygens (including phenoxy) is 1. The Kier molecular flexibility index (Phi) is 3.94. The van der Waals surface area contributed by atoms with Crippen molar-refractivity contribution in [3.8, 4) is 5.75 Å². The van der Waals surface area contributed by atoms with Gasteiger partial charge in [-0.25, -0.2) is 4.39 Å². The molecule has 0 N–H and O–H groups in total. The molecule has 1 unspecified atom stereocenters. The molecule has 0 radical (unpaired) electrons. The molecule has 0 amide bonds. The Labute approximate surface area is 131 Å². The van der Waals surface area contributed by atoms with E-state index in [2.05, 4.69) is 0 Å². The van der Waals surface area contributed by atoms with Crippen LogP contribution in [0.5, 0.6) is 5.75 Å². The van der Waals surface area contributed by atoms with Gasteiger partial charge in [0.15, 0.2) is 11.6 Å². The lowest BCUT2D eigenvalue weighted by Crippen LogP contribution is -2.30. The van der Waals surface area contributed by atoms with Crippen LogP contribution in [0.15, 0.2) is 42.5 Å². The van der Waals surface area contributed by atoms with Gasteiger partial charge in [0, 0.05) is 17.0 Å². The number of ketones is 2. The van der Waals surface area contributed by atoms with Gasteiger partial charge in [-0.05, 0) is 42.5 Å². The lowest BCUT2D eigenvalue weighted by atomic mass is 9.89. The summed E-state index contributed by atoms with van der Waals surface area (Å²) in [4.78, 5) is 24.6. The predicted molar refractivity (Wildman–Crippen MR) is 80.1 cm³/mol. The van der Waals surface area contributed by atoms with Crippen molar-refractivity contribution < 1.29 is 18.7 Å². The van der Waals surface area contributed by atoms with Crippen LogP contribution >= 0.6 is 11.6 Å². The van der Waals surface area contributed by atoms with E-state index in [-0.39, 0.29) is 30.2 Å². The first-order chi connectivity index (χ1) is 10.5. The fraction of sp³-hybridized carbons (Fsp3) is 0.176. The highest BCUT2D eigenvalue weighted by Crippen LogP contribution is 2.30. The zero-order chi connectivity index (χ0) is 15.7. The fourth-order valence-electron chi connectivity index (χ4n) is 2.44. The number of hydrogen-bond acceptors (Lipinski definition) is 3. The highest BCUT2D eigenvalue weighted by atomic mass is 35.5. The second-order valence-electron chi connectivity index (χ2n) is 5.15. The number of hydrogen-bond donors (Lipinski definition) is 0. The number of rotatable bonds is 3. The number of Topliss-reactive ketones (excluding diaryl/α,β-unsaturated/α-hetero) is 2. The van der Waals surface area contributed by atoms with Crippen LogP contribution in [-0.4, -0.2) is 18.2 Å². The molecule has 0 aliphatic carbocycles. The van der Waals surface area contributed by atoms with E-state index in [9.17, 15) is 14.0 Å². The average Bonchev–Trinajstić information content (AvgIpc) is 2.51. The second kappa shape index (κ2) is 5.89. The molecule has 0 saturated carbocycles. The minimum Gasteiger partial charge on any atom is -0.492 e. The molecule has 5 heteroatoms. The normalized spacial score (nSPS) is 16.8. The maximum atomic E-state index is 13.3. The van der Waals surface area contributed by atoms with Gasteiger partial charge in [0.1, 0.15) is 11.6 Å². The first-order valence-electron chi connectivity index (χ1n) is 6.80. The van der Waals surface area contributed by atoms with E-state index in [0.717, 1.165) is 6.07 Å².